The van der Waals surface area contributed by atoms with Crippen molar-refractivity contribution in [3.8, 4) is 5.75 Å². The van der Waals surface area contributed by atoms with E-state index in [1.165, 1.54) is 0 Å². The van der Waals surface area contributed by atoms with Gasteiger partial charge in [-0.15, -0.1) is 0 Å². The summed E-state index contributed by atoms with van der Waals surface area (Å²) in [5.41, 5.74) is 2.60. The summed E-state index contributed by atoms with van der Waals surface area (Å²) in [6, 6.07) is 7.03. The minimum Gasteiger partial charge on any atom is -0.508 e. The second kappa shape index (κ2) is 5.80. The van der Waals surface area contributed by atoms with Crippen LogP contribution in [-0.2, 0) is 6.54 Å². The molecular formula is C14H16ClN3O. The van der Waals surface area contributed by atoms with E-state index in [0.29, 0.717) is 17.1 Å². The Bertz CT molecular complexity index is 552. The molecule has 19 heavy (non-hydrogen) atoms. The monoisotopic (exact) mass is 277 g/mol. The van der Waals surface area contributed by atoms with Crippen LogP contribution in [0.25, 0.3) is 0 Å². The van der Waals surface area contributed by atoms with Crippen molar-refractivity contribution in [3.05, 3.63) is 47.2 Å². The predicted molar refractivity (Wildman–Crippen MR) is 79.0 cm³/mol. The lowest BCUT2D eigenvalue weighted by Gasteiger charge is -2.18. The summed E-state index contributed by atoms with van der Waals surface area (Å²) < 4.78 is 0. The fourth-order valence-corrected chi connectivity index (χ4v) is 2.06. The number of anilines is 2. The third kappa shape index (κ3) is 3.09. The molecule has 2 aromatic rings. The molecule has 0 aliphatic rings. The molecule has 2 N–H and O–H groups in total. The number of aromatic nitrogens is 1. The molecule has 0 amide bonds. The molecule has 0 aliphatic heterocycles. The van der Waals surface area contributed by atoms with Gasteiger partial charge in [-0.1, -0.05) is 17.7 Å². The van der Waals surface area contributed by atoms with Crippen molar-refractivity contribution in [3.63, 3.8) is 0 Å². The fourth-order valence-electron chi connectivity index (χ4n) is 1.82. The molecule has 0 saturated carbocycles. The Hall–Kier alpha value is -1.94. The van der Waals surface area contributed by atoms with Crippen molar-refractivity contribution in [2.75, 3.05) is 24.3 Å². The molecule has 1 aromatic heterocycles. The molecule has 0 bridgehead atoms. The minimum absolute atomic E-state index is 0.190. The Kier molecular flexibility index (Phi) is 4.12. The first-order chi connectivity index (χ1) is 9.09. The minimum atomic E-state index is 0.190. The number of hydrogen-bond donors (Lipinski definition) is 2. The fraction of sp³-hybridized carbons (Fsp3) is 0.214. The van der Waals surface area contributed by atoms with E-state index in [2.05, 4.69) is 10.3 Å². The van der Waals surface area contributed by atoms with Gasteiger partial charge in [0.15, 0.2) is 0 Å². The predicted octanol–water partition coefficient (Wildman–Crippen LogP) is 3.12. The van der Waals surface area contributed by atoms with Crippen LogP contribution >= 0.6 is 11.6 Å². The Morgan fingerprint density at radius 3 is 2.79 bits per heavy atom. The van der Waals surface area contributed by atoms with Gasteiger partial charge in [-0.2, -0.15) is 0 Å². The zero-order chi connectivity index (χ0) is 13.8. The standard InChI is InChI=1S/C14H16ClN3O/c1-18(2)13-6-7-16-9-12(13)17-8-10-11(15)4-3-5-14(10)19/h3-7,9,17,19H,8H2,1-2H3. The molecule has 0 aliphatic carbocycles. The Morgan fingerprint density at radius 2 is 2.11 bits per heavy atom. The lowest BCUT2D eigenvalue weighted by atomic mass is 10.2. The maximum atomic E-state index is 9.80. The number of hydrogen-bond acceptors (Lipinski definition) is 4. The number of nitrogens with one attached hydrogen (secondary N) is 1. The van der Waals surface area contributed by atoms with Gasteiger partial charge in [-0.05, 0) is 18.2 Å². The molecule has 1 aromatic carbocycles. The molecule has 5 heteroatoms. The molecule has 0 unspecified atom stereocenters. The van der Waals surface area contributed by atoms with Gasteiger partial charge in [0.2, 0.25) is 0 Å². The largest absolute Gasteiger partial charge is 0.508 e. The second-order valence-electron chi connectivity index (χ2n) is 4.38. The zero-order valence-corrected chi connectivity index (χ0v) is 11.6. The lowest BCUT2D eigenvalue weighted by molar-refractivity contribution is 0.469. The molecule has 0 spiro atoms. The first-order valence-electron chi connectivity index (χ1n) is 5.91. The second-order valence-corrected chi connectivity index (χ2v) is 4.79. The highest BCUT2D eigenvalue weighted by atomic mass is 35.5. The number of benzene rings is 1. The van der Waals surface area contributed by atoms with Gasteiger partial charge in [0.05, 0.1) is 17.6 Å². The maximum Gasteiger partial charge on any atom is 0.122 e. The zero-order valence-electron chi connectivity index (χ0n) is 10.9. The Morgan fingerprint density at radius 1 is 1.32 bits per heavy atom. The summed E-state index contributed by atoms with van der Waals surface area (Å²) in [6.07, 6.45) is 3.50. The molecule has 0 atom stereocenters. The average molecular weight is 278 g/mol. The topological polar surface area (TPSA) is 48.4 Å². The van der Waals surface area contributed by atoms with Crippen LogP contribution in [0.3, 0.4) is 0 Å². The van der Waals surface area contributed by atoms with E-state index < -0.39 is 0 Å². The number of nitrogens with zero attached hydrogens (tertiary/aromatic N) is 2. The van der Waals surface area contributed by atoms with Gasteiger partial charge in [-0.25, -0.2) is 0 Å². The molecular weight excluding hydrogens is 262 g/mol. The number of halogens is 1. The van der Waals surface area contributed by atoms with E-state index in [9.17, 15) is 5.11 Å². The highest BCUT2D eigenvalue weighted by molar-refractivity contribution is 6.31. The van der Waals surface area contributed by atoms with Crippen LogP contribution in [0.4, 0.5) is 11.4 Å². The third-order valence-corrected chi connectivity index (χ3v) is 3.18. The molecule has 100 valence electrons. The van der Waals surface area contributed by atoms with E-state index in [1.807, 2.05) is 25.1 Å². The number of phenolic OH excluding ortho intramolecular Hbond substituents is 1. The van der Waals surface area contributed by atoms with Gasteiger partial charge in [0.25, 0.3) is 0 Å². The highest BCUT2D eigenvalue weighted by Gasteiger charge is 2.08. The van der Waals surface area contributed by atoms with E-state index in [1.54, 1.807) is 30.6 Å². The summed E-state index contributed by atoms with van der Waals surface area (Å²) in [6.45, 7) is 0.442. The van der Waals surface area contributed by atoms with E-state index in [4.69, 9.17) is 11.6 Å². The summed E-state index contributed by atoms with van der Waals surface area (Å²) in [4.78, 5) is 6.10. The number of phenols is 1. The lowest BCUT2D eigenvalue weighted by Crippen LogP contribution is -2.12. The molecule has 0 radical (unpaired) electrons. The van der Waals surface area contributed by atoms with Gasteiger partial charge in [0, 0.05) is 37.4 Å². The Balaban J connectivity index is 2.19. The van der Waals surface area contributed by atoms with Crippen molar-refractivity contribution < 1.29 is 5.11 Å². The van der Waals surface area contributed by atoms with Crippen molar-refractivity contribution in [2.45, 2.75) is 6.54 Å². The van der Waals surface area contributed by atoms with Gasteiger partial charge < -0.3 is 15.3 Å². The smallest absolute Gasteiger partial charge is 0.122 e. The van der Waals surface area contributed by atoms with Gasteiger partial charge in [0.1, 0.15) is 5.75 Å². The van der Waals surface area contributed by atoms with Crippen LogP contribution in [0.2, 0.25) is 5.02 Å². The molecule has 1 heterocycles. The maximum absolute atomic E-state index is 9.80. The number of pyridine rings is 1. The summed E-state index contributed by atoms with van der Waals surface area (Å²) in [5.74, 6) is 0.190. The quantitative estimate of drug-likeness (QED) is 0.901. The van der Waals surface area contributed by atoms with E-state index >= 15 is 0 Å². The average Bonchev–Trinajstić information content (AvgIpc) is 2.38. The number of rotatable bonds is 4. The first-order valence-corrected chi connectivity index (χ1v) is 6.29. The molecule has 2 rings (SSSR count). The van der Waals surface area contributed by atoms with Crippen LogP contribution in [0.1, 0.15) is 5.56 Å². The van der Waals surface area contributed by atoms with Gasteiger partial charge >= 0.3 is 0 Å². The SMILES string of the molecule is CN(C)c1ccncc1NCc1c(O)cccc1Cl. The van der Waals surface area contributed by atoms with Crippen LogP contribution in [0, 0.1) is 0 Å². The van der Waals surface area contributed by atoms with E-state index in [-0.39, 0.29) is 5.75 Å². The highest BCUT2D eigenvalue weighted by Crippen LogP contribution is 2.28. The molecule has 0 saturated heterocycles. The van der Waals surface area contributed by atoms with Crippen molar-refractivity contribution in [1.82, 2.24) is 4.98 Å². The van der Waals surface area contributed by atoms with Crippen molar-refractivity contribution in [2.24, 2.45) is 0 Å². The molecule has 0 fully saturated rings. The van der Waals surface area contributed by atoms with Crippen LogP contribution in [0.15, 0.2) is 36.7 Å². The van der Waals surface area contributed by atoms with Gasteiger partial charge in [-0.3, -0.25) is 4.98 Å². The van der Waals surface area contributed by atoms with Crippen LogP contribution < -0.4 is 10.2 Å². The summed E-state index contributed by atoms with van der Waals surface area (Å²) in [5, 5.41) is 13.6. The third-order valence-electron chi connectivity index (χ3n) is 2.83. The summed E-state index contributed by atoms with van der Waals surface area (Å²) in [7, 11) is 3.93. The van der Waals surface area contributed by atoms with Crippen LogP contribution in [-0.4, -0.2) is 24.2 Å². The summed E-state index contributed by atoms with van der Waals surface area (Å²) >= 11 is 6.07. The first kappa shape index (κ1) is 13.5. The molecule has 4 nitrogen and oxygen atoms in total. The van der Waals surface area contributed by atoms with Crippen molar-refractivity contribution >= 4 is 23.0 Å². The van der Waals surface area contributed by atoms with Crippen molar-refractivity contribution in [1.29, 1.82) is 0 Å². The normalized spacial score (nSPS) is 10.3. The van der Waals surface area contributed by atoms with E-state index in [0.717, 1.165) is 11.4 Å². The number of aromatic hydroxyl groups is 1. The van der Waals surface area contributed by atoms with Crippen LogP contribution in [0.5, 0.6) is 5.75 Å². The Labute approximate surface area is 117 Å².